The molecule has 0 aliphatic carbocycles. The Bertz CT molecular complexity index is 796. The van der Waals surface area contributed by atoms with E-state index in [0.29, 0.717) is 6.42 Å². The molecule has 0 aromatic carbocycles. The minimum atomic E-state index is -4.67. The first kappa shape index (κ1) is 66.8. The molecule has 21 heteroatoms. The fraction of sp³-hybridized carbons (Fsp3) is 0.769. The van der Waals surface area contributed by atoms with Crippen LogP contribution in [0.5, 0.6) is 0 Å². The van der Waals surface area contributed by atoms with E-state index in [2.05, 4.69) is 6.92 Å². The number of carbonyl (C=O) groups is 6. The predicted molar refractivity (Wildman–Crippen MR) is 159 cm³/mol. The zero-order valence-corrected chi connectivity index (χ0v) is 30.8. The summed E-state index contributed by atoms with van der Waals surface area (Å²) in [5.41, 5.74) is 0. The molecule has 0 heterocycles. The smallest absolute Gasteiger partial charge is 0.870 e. The van der Waals surface area contributed by atoms with E-state index in [1.807, 2.05) is 0 Å². The van der Waals surface area contributed by atoms with Crippen LogP contribution in [0, 0.1) is 0 Å². The van der Waals surface area contributed by atoms with Crippen LogP contribution in [0.4, 0.5) is 4.79 Å². The molecule has 47 heavy (non-hydrogen) atoms. The quantitative estimate of drug-likeness (QED) is 0.0628. The van der Waals surface area contributed by atoms with Crippen LogP contribution in [0.2, 0.25) is 0 Å². The Morgan fingerprint density at radius 3 is 0.851 bits per heavy atom. The Labute approximate surface area is 300 Å². The van der Waals surface area contributed by atoms with E-state index in [9.17, 15) is 9.59 Å². The molecule has 0 saturated carbocycles. The van der Waals surface area contributed by atoms with Crippen molar-refractivity contribution in [2.45, 2.75) is 130 Å². The van der Waals surface area contributed by atoms with E-state index in [0.717, 1.165) is 19.8 Å². The Morgan fingerprint density at radius 1 is 0.553 bits per heavy atom. The van der Waals surface area contributed by atoms with E-state index >= 15 is 0 Å². The molecule has 0 rings (SSSR count). The summed E-state index contributed by atoms with van der Waals surface area (Å²) in [6, 6.07) is 0. The monoisotopic (exact) mass is 790 g/mol. The van der Waals surface area contributed by atoms with Crippen molar-refractivity contribution in [2.75, 3.05) is 0 Å². The third-order valence-corrected chi connectivity index (χ3v) is 4.48. The van der Waals surface area contributed by atoms with Crippen molar-refractivity contribution in [3.8, 4) is 0 Å². The van der Waals surface area contributed by atoms with Crippen molar-refractivity contribution in [3.63, 3.8) is 0 Å². The maximum absolute atomic E-state index is 10.3. The van der Waals surface area contributed by atoms with Gasteiger partial charge in [-0.25, -0.2) is 9.59 Å². The molecule has 10 N–H and O–H groups in total. The molecule has 0 radical (unpaired) electrons. The Morgan fingerprint density at radius 2 is 0.723 bits per heavy atom. The molecule has 0 aliphatic rings. The number of carbonyl (C=O) groups excluding carboxylic acids is 1. The van der Waals surface area contributed by atoms with Gasteiger partial charge in [0.05, 0.1) is 0 Å². The molecule has 0 fully saturated rings. The molecule has 0 aliphatic heterocycles. The molecule has 0 aromatic rings. The first-order valence-electron chi connectivity index (χ1n) is 13.8. The Balaban J connectivity index is -0.0000000627. The Kier molecular flexibility index (Phi) is 75.4. The fourth-order valence-electron chi connectivity index (χ4n) is 2.65. The second-order valence-electron chi connectivity index (χ2n) is 8.67. The van der Waals surface area contributed by atoms with Gasteiger partial charge < -0.3 is 51.5 Å². The summed E-state index contributed by atoms with van der Waals surface area (Å²) in [5, 5.41) is 55.1. The molecular weight excluding hydrogens is 737 g/mol. The van der Waals surface area contributed by atoms with Crippen LogP contribution in [0.1, 0.15) is 130 Å². The SMILES string of the molecule is CC(=O)O.CCC(=O)O.CCCCCCCCCCCCCCCCCC(=O)O.O.O=C(O)C(=O)O.O=C([O-])[O-].O=S(=O)(O)O.[OH-].[Y+3]. The molecule has 0 atom stereocenters. The summed E-state index contributed by atoms with van der Waals surface area (Å²) >= 11 is 0. The first-order chi connectivity index (χ1) is 20.1. The molecule has 280 valence electrons. The molecule has 0 unspecified atom stereocenters. The van der Waals surface area contributed by atoms with E-state index in [1.54, 1.807) is 6.92 Å². The number of carboxylic acids is 5. The normalized spacial score (nSPS) is 8.62. The van der Waals surface area contributed by atoms with Gasteiger partial charge in [-0.3, -0.25) is 23.5 Å². The van der Waals surface area contributed by atoms with Crippen molar-refractivity contribution >= 4 is 46.4 Å². The van der Waals surface area contributed by atoms with Gasteiger partial charge >= 0.3 is 67.0 Å². The van der Waals surface area contributed by atoms with Crippen molar-refractivity contribution in [3.05, 3.63) is 0 Å². The number of hydrogen-bond acceptors (Lipinski definition) is 11. The minimum absolute atomic E-state index is 0. The van der Waals surface area contributed by atoms with Crippen LogP contribution in [-0.2, 0) is 67.1 Å². The van der Waals surface area contributed by atoms with E-state index in [-0.39, 0.29) is 50.1 Å². The van der Waals surface area contributed by atoms with Crippen LogP contribution >= 0.6 is 0 Å². The van der Waals surface area contributed by atoms with Crippen molar-refractivity contribution in [1.29, 1.82) is 0 Å². The summed E-state index contributed by atoms with van der Waals surface area (Å²) < 4.78 is 31.6. The largest absolute Gasteiger partial charge is 3.00 e. The fourth-order valence-corrected chi connectivity index (χ4v) is 2.65. The molecule has 0 bridgehead atoms. The van der Waals surface area contributed by atoms with Crippen LogP contribution in [0.15, 0.2) is 0 Å². The second-order valence-corrected chi connectivity index (χ2v) is 9.56. The number of aliphatic carboxylic acids is 5. The topological polar surface area (TPSA) is 386 Å². The Hall–Kier alpha value is -2.49. The third-order valence-electron chi connectivity index (χ3n) is 4.48. The standard InChI is InChI=1S/C18H36O2.C3H6O2.C2H2O4.C2H4O2.CH2O3.H2O4S.2H2O.Y/c1-2-3-4-5-6-7-8-9-10-11-12-13-14-15-16-17-18(19)20;1-2-3(4)5;3-1(4)2(5)6;1-2(3)4;2-1(3)4;1-5(2,3)4;;;/h2-17H2,1H3,(H,19,20);2H2,1H3,(H,4,5);(H,3,4)(H,5,6);1H3,(H,3,4);(H2,2,3,4);(H2,1,2,3,4);2*1H2;/q;;;;;;;;+3/p-3. The van der Waals surface area contributed by atoms with Gasteiger partial charge in [0.2, 0.25) is 0 Å². The van der Waals surface area contributed by atoms with E-state index in [4.69, 9.17) is 72.4 Å². The average molecular weight is 791 g/mol. The molecule has 0 saturated heterocycles. The van der Waals surface area contributed by atoms with Gasteiger partial charge in [0.25, 0.3) is 5.97 Å². The van der Waals surface area contributed by atoms with Crippen LogP contribution in [0.25, 0.3) is 0 Å². The van der Waals surface area contributed by atoms with Gasteiger partial charge in [0.15, 0.2) is 0 Å². The van der Waals surface area contributed by atoms with E-state index in [1.165, 1.54) is 83.5 Å². The van der Waals surface area contributed by atoms with Crippen molar-refractivity contribution in [1.82, 2.24) is 0 Å². The van der Waals surface area contributed by atoms with Gasteiger partial charge in [0, 0.05) is 19.8 Å². The summed E-state index contributed by atoms with van der Waals surface area (Å²) in [7, 11) is -4.67. The molecule has 19 nitrogen and oxygen atoms in total. The summed E-state index contributed by atoms with van der Waals surface area (Å²) in [6.45, 7) is 4.95. The van der Waals surface area contributed by atoms with Gasteiger partial charge in [-0.05, 0) is 12.6 Å². The molecule has 0 spiro atoms. The van der Waals surface area contributed by atoms with Crippen molar-refractivity contribution < 1.29 is 126 Å². The number of hydrogen-bond donors (Lipinski definition) is 7. The van der Waals surface area contributed by atoms with Crippen LogP contribution in [-0.4, -0.2) is 90.0 Å². The zero-order chi connectivity index (χ0) is 36.0. The number of unbranched alkanes of at least 4 members (excludes halogenated alkanes) is 14. The second kappa shape index (κ2) is 53.0. The predicted octanol–water partition coefficient (Wildman–Crippen LogP) is 1.96. The molecule has 0 amide bonds. The first-order valence-corrected chi connectivity index (χ1v) is 15.2. The maximum Gasteiger partial charge on any atom is 3.00 e. The van der Waals surface area contributed by atoms with Crippen LogP contribution < -0.4 is 10.2 Å². The average Bonchev–Trinajstić information content (AvgIpc) is 2.85. The third kappa shape index (κ3) is 178. The number of carboxylic acid groups (broad SMARTS) is 7. The van der Waals surface area contributed by atoms with Gasteiger partial charge in [-0.15, -0.1) is 0 Å². The van der Waals surface area contributed by atoms with Crippen molar-refractivity contribution in [2.24, 2.45) is 0 Å². The molecule has 0 aromatic heterocycles. The summed E-state index contributed by atoms with van der Waals surface area (Å²) in [5.74, 6) is -5.88. The summed E-state index contributed by atoms with van der Waals surface area (Å²) in [4.78, 5) is 55.2. The zero-order valence-electron chi connectivity index (χ0n) is 27.2. The molecular formula is C26H53O19SY. The van der Waals surface area contributed by atoms with Gasteiger partial charge in [-0.1, -0.05) is 104 Å². The maximum atomic E-state index is 10.3. The van der Waals surface area contributed by atoms with Gasteiger partial charge in [0.1, 0.15) is 0 Å². The van der Waals surface area contributed by atoms with Crippen LogP contribution in [0.3, 0.4) is 0 Å². The van der Waals surface area contributed by atoms with E-state index < -0.39 is 46.4 Å². The summed E-state index contributed by atoms with van der Waals surface area (Å²) in [6.07, 6.45) is 18.1. The minimum Gasteiger partial charge on any atom is -0.870 e. The van der Waals surface area contributed by atoms with Gasteiger partial charge in [-0.2, -0.15) is 8.42 Å². The number of rotatable bonds is 17.